The third-order valence-electron chi connectivity index (χ3n) is 11.8. The van der Waals surface area contributed by atoms with Crippen molar-refractivity contribution < 1.29 is 0 Å². The van der Waals surface area contributed by atoms with Gasteiger partial charge in [-0.15, -0.1) is 0 Å². The molecule has 0 fully saturated rings. The van der Waals surface area contributed by atoms with E-state index in [1.54, 1.807) is 0 Å². The van der Waals surface area contributed by atoms with E-state index >= 15 is 0 Å². The van der Waals surface area contributed by atoms with Crippen LogP contribution in [-0.4, -0.2) is 19.5 Å². The van der Waals surface area contributed by atoms with Crippen molar-refractivity contribution in [3.8, 4) is 51.0 Å². The summed E-state index contributed by atoms with van der Waals surface area (Å²) in [4.78, 5) is 15.3. The summed E-state index contributed by atoms with van der Waals surface area (Å²) >= 11 is 0. The highest BCUT2D eigenvalue weighted by Crippen LogP contribution is 2.39. The van der Waals surface area contributed by atoms with Crippen LogP contribution in [0.4, 0.5) is 0 Å². The molecule has 2 aromatic heterocycles. The summed E-state index contributed by atoms with van der Waals surface area (Å²) in [5, 5.41) is 12.2. The van der Waals surface area contributed by atoms with E-state index in [-0.39, 0.29) is 0 Å². The highest BCUT2D eigenvalue weighted by molar-refractivity contribution is 6.23. The van der Waals surface area contributed by atoms with E-state index in [1.807, 2.05) is 0 Å². The lowest BCUT2D eigenvalue weighted by Crippen LogP contribution is -2.00. The third-order valence-corrected chi connectivity index (χ3v) is 11.8. The second kappa shape index (κ2) is 13.3. The van der Waals surface area contributed by atoms with Crippen molar-refractivity contribution in [2.45, 2.75) is 0 Å². The molecular weight excluding hydrogens is 717 g/mol. The molecular formula is C55H34N4. The minimum atomic E-state index is 0.636. The first-order valence-electron chi connectivity index (χ1n) is 20.0. The highest BCUT2D eigenvalue weighted by atomic mass is 15.0. The molecule has 12 rings (SSSR count). The Morgan fingerprint density at radius 3 is 1.41 bits per heavy atom. The molecule has 0 aliphatic heterocycles. The highest BCUT2D eigenvalue weighted by Gasteiger charge is 2.17. The zero-order chi connectivity index (χ0) is 38.9. The van der Waals surface area contributed by atoms with E-state index in [4.69, 9.17) is 15.0 Å². The van der Waals surface area contributed by atoms with Gasteiger partial charge in [0, 0.05) is 33.2 Å². The van der Waals surface area contributed by atoms with Crippen molar-refractivity contribution in [3.63, 3.8) is 0 Å². The van der Waals surface area contributed by atoms with E-state index in [1.165, 1.54) is 54.1 Å². The Labute approximate surface area is 340 Å². The van der Waals surface area contributed by atoms with Gasteiger partial charge in [0.25, 0.3) is 0 Å². The van der Waals surface area contributed by atoms with Gasteiger partial charge in [-0.1, -0.05) is 164 Å². The van der Waals surface area contributed by atoms with Crippen molar-refractivity contribution in [1.82, 2.24) is 19.5 Å². The van der Waals surface area contributed by atoms with Crippen molar-refractivity contribution in [1.29, 1.82) is 0 Å². The van der Waals surface area contributed by atoms with Gasteiger partial charge in [0.2, 0.25) is 0 Å². The molecule has 0 spiro atoms. The lowest BCUT2D eigenvalue weighted by Gasteiger charge is -2.12. The maximum absolute atomic E-state index is 5.09. The van der Waals surface area contributed by atoms with E-state index < -0.39 is 0 Å². The minimum Gasteiger partial charge on any atom is -0.309 e. The molecule has 59 heavy (non-hydrogen) atoms. The molecule has 0 aliphatic rings. The summed E-state index contributed by atoms with van der Waals surface area (Å²) in [6.07, 6.45) is 0. The molecule has 0 unspecified atom stereocenters. The van der Waals surface area contributed by atoms with Crippen molar-refractivity contribution in [3.05, 3.63) is 206 Å². The van der Waals surface area contributed by atoms with Crippen LogP contribution in [0.5, 0.6) is 0 Å². The van der Waals surface area contributed by atoms with E-state index in [0.29, 0.717) is 17.5 Å². The maximum Gasteiger partial charge on any atom is 0.164 e. The molecule has 0 amide bonds. The number of aromatic nitrogens is 4. The van der Waals surface area contributed by atoms with Gasteiger partial charge >= 0.3 is 0 Å². The Morgan fingerprint density at radius 2 is 0.763 bits per heavy atom. The second-order valence-electron chi connectivity index (χ2n) is 15.3. The predicted octanol–water partition coefficient (Wildman–Crippen LogP) is 14.2. The van der Waals surface area contributed by atoms with Gasteiger partial charge in [0.1, 0.15) is 0 Å². The first-order valence-corrected chi connectivity index (χ1v) is 20.0. The number of benzene rings is 10. The second-order valence-corrected chi connectivity index (χ2v) is 15.3. The molecule has 0 saturated carbocycles. The molecule has 0 N–H and O–H groups in total. The molecule has 0 aliphatic carbocycles. The van der Waals surface area contributed by atoms with Crippen LogP contribution in [0.2, 0.25) is 0 Å². The first kappa shape index (κ1) is 33.2. The Kier molecular flexibility index (Phi) is 7.50. The fraction of sp³-hybridized carbons (Fsp3) is 0. The zero-order valence-corrected chi connectivity index (χ0v) is 31.9. The predicted molar refractivity (Wildman–Crippen MR) is 246 cm³/mol. The van der Waals surface area contributed by atoms with Crippen LogP contribution < -0.4 is 0 Å². The number of nitrogens with zero attached hydrogens (tertiary/aromatic N) is 4. The molecule has 10 aromatic carbocycles. The average molecular weight is 751 g/mol. The molecule has 274 valence electrons. The molecule has 0 bridgehead atoms. The zero-order valence-electron chi connectivity index (χ0n) is 31.9. The number of hydrogen-bond donors (Lipinski definition) is 0. The van der Waals surface area contributed by atoms with Gasteiger partial charge in [-0.3, -0.25) is 0 Å². The van der Waals surface area contributed by atoms with Gasteiger partial charge in [-0.25, -0.2) is 15.0 Å². The summed E-state index contributed by atoms with van der Waals surface area (Å²) in [6, 6.07) is 73.6. The summed E-state index contributed by atoms with van der Waals surface area (Å²) < 4.78 is 2.43. The largest absolute Gasteiger partial charge is 0.309 e. The van der Waals surface area contributed by atoms with Gasteiger partial charge in [-0.05, 0) is 96.7 Å². The number of rotatable bonds is 5. The van der Waals surface area contributed by atoms with Crippen LogP contribution in [0.15, 0.2) is 206 Å². The fourth-order valence-electron chi connectivity index (χ4n) is 8.81. The Bertz CT molecular complexity index is 3520. The van der Waals surface area contributed by atoms with E-state index in [0.717, 1.165) is 44.3 Å². The molecule has 4 heteroatoms. The first-order chi connectivity index (χ1) is 29.2. The van der Waals surface area contributed by atoms with Crippen molar-refractivity contribution in [2.24, 2.45) is 0 Å². The molecule has 0 radical (unpaired) electrons. The van der Waals surface area contributed by atoms with Crippen LogP contribution in [0, 0.1) is 0 Å². The summed E-state index contributed by atoms with van der Waals surface area (Å²) in [5.74, 6) is 1.93. The van der Waals surface area contributed by atoms with Crippen molar-refractivity contribution in [2.75, 3.05) is 0 Å². The quantitative estimate of drug-likeness (QED) is 0.176. The lowest BCUT2D eigenvalue weighted by molar-refractivity contribution is 1.08. The van der Waals surface area contributed by atoms with Crippen LogP contribution in [-0.2, 0) is 0 Å². The smallest absolute Gasteiger partial charge is 0.164 e. The number of fused-ring (bicyclic) bond motifs is 8. The Hall–Kier alpha value is -7.95. The average Bonchev–Trinajstić information content (AvgIpc) is 3.64. The van der Waals surface area contributed by atoms with Gasteiger partial charge in [0.15, 0.2) is 17.5 Å². The van der Waals surface area contributed by atoms with Crippen LogP contribution in [0.25, 0.3) is 116 Å². The third kappa shape index (κ3) is 5.65. The van der Waals surface area contributed by atoms with Crippen LogP contribution in [0.3, 0.4) is 0 Å². The van der Waals surface area contributed by atoms with Crippen LogP contribution in [0.1, 0.15) is 0 Å². The van der Waals surface area contributed by atoms with Gasteiger partial charge in [0.05, 0.1) is 11.0 Å². The van der Waals surface area contributed by atoms with Crippen molar-refractivity contribution >= 4 is 64.9 Å². The van der Waals surface area contributed by atoms with Gasteiger partial charge < -0.3 is 4.57 Å². The molecule has 12 aromatic rings. The summed E-state index contributed by atoms with van der Waals surface area (Å²) in [6.45, 7) is 0. The Balaban J connectivity index is 0.971. The van der Waals surface area contributed by atoms with Gasteiger partial charge in [-0.2, -0.15) is 0 Å². The maximum atomic E-state index is 5.09. The van der Waals surface area contributed by atoms with E-state index in [2.05, 4.69) is 211 Å². The SMILES string of the molecule is c1cc(-c2ccc(-c3nc(-c4ccc5ccccc5c4)nc(-c4ccc5ccccc5c4)n3)cc2)cc(-n2c3cc4ccccc4cc3c3c4ccccc4ccc32)c1. The molecule has 0 atom stereocenters. The van der Waals surface area contributed by atoms with Crippen LogP contribution >= 0.6 is 0 Å². The number of hydrogen-bond acceptors (Lipinski definition) is 3. The topological polar surface area (TPSA) is 43.6 Å². The summed E-state index contributed by atoms with van der Waals surface area (Å²) in [7, 11) is 0. The normalized spacial score (nSPS) is 11.7. The fourth-order valence-corrected chi connectivity index (χ4v) is 8.81. The van der Waals surface area contributed by atoms with E-state index in [9.17, 15) is 0 Å². The summed E-state index contributed by atoms with van der Waals surface area (Å²) in [5.41, 5.74) is 8.60. The monoisotopic (exact) mass is 750 g/mol. The lowest BCUT2D eigenvalue weighted by atomic mass is 10.0. The molecule has 4 nitrogen and oxygen atoms in total. The molecule has 2 heterocycles. The minimum absolute atomic E-state index is 0.636. The Morgan fingerprint density at radius 1 is 0.271 bits per heavy atom. The molecule has 0 saturated heterocycles. The standard InChI is InChI=1S/C55H34N4/c1-3-13-40-30-45(26-22-35(40)10-1)54-56-53(57-55(58-54)46-27-23-36-11-2-4-14-41(36)31-46)39-24-20-37(21-25-39)42-17-9-18-47(32-42)59-50-29-28-38-12-7-8-19-48(38)52(50)49-33-43-15-5-6-16-44(43)34-51(49)59/h1-34H.